The minimum Gasteiger partial charge on any atom is -0.462 e. The van der Waals surface area contributed by atoms with Crippen molar-refractivity contribution in [2.45, 2.75) is 303 Å². The second-order valence-electron chi connectivity index (χ2n) is 21.5. The summed E-state index contributed by atoms with van der Waals surface area (Å²) >= 11 is 0. The molecule has 17 nitrogen and oxygen atoms in total. The number of aliphatic hydroxyl groups excluding tert-OH is 1. The van der Waals surface area contributed by atoms with Crippen LogP contribution in [0.2, 0.25) is 0 Å². The van der Waals surface area contributed by atoms with Crippen molar-refractivity contribution in [3.05, 3.63) is 0 Å². The molecule has 0 aliphatic heterocycles. The van der Waals surface area contributed by atoms with Crippen molar-refractivity contribution in [2.75, 3.05) is 39.6 Å². The average molecular weight is 1140 g/mol. The number of phosphoric acid groups is 2. The van der Waals surface area contributed by atoms with Crippen LogP contribution in [0.3, 0.4) is 0 Å². The molecule has 3 N–H and O–H groups in total. The quantitative estimate of drug-likeness (QED) is 0.0222. The zero-order valence-corrected chi connectivity index (χ0v) is 50.9. The van der Waals surface area contributed by atoms with Crippen LogP contribution in [0.1, 0.15) is 285 Å². The maximum absolute atomic E-state index is 12.9. The fourth-order valence-electron chi connectivity index (χ4n) is 8.52. The molecule has 0 aromatic carbocycles. The molecule has 77 heavy (non-hydrogen) atoms. The Morgan fingerprint density at radius 3 is 0.883 bits per heavy atom. The van der Waals surface area contributed by atoms with Gasteiger partial charge in [-0.15, -0.1) is 0 Å². The molecule has 0 spiro atoms. The fourth-order valence-corrected chi connectivity index (χ4v) is 10.1. The first kappa shape index (κ1) is 75.1. The first-order valence-electron chi connectivity index (χ1n) is 30.6. The molecule has 5 atom stereocenters. The molecule has 0 rings (SSSR count). The van der Waals surface area contributed by atoms with Crippen molar-refractivity contribution < 1.29 is 80.2 Å². The predicted molar refractivity (Wildman–Crippen MR) is 303 cm³/mol. The zero-order chi connectivity index (χ0) is 57.1. The van der Waals surface area contributed by atoms with E-state index in [1.54, 1.807) is 0 Å². The maximum atomic E-state index is 12.9. The van der Waals surface area contributed by atoms with E-state index in [0.717, 1.165) is 109 Å². The van der Waals surface area contributed by atoms with Gasteiger partial charge in [0.15, 0.2) is 12.2 Å². The molecule has 0 heterocycles. The summed E-state index contributed by atoms with van der Waals surface area (Å²) in [6, 6.07) is 0. The minimum absolute atomic E-state index is 0.104. The highest BCUT2D eigenvalue weighted by Crippen LogP contribution is 2.45. The second kappa shape index (κ2) is 52.2. The van der Waals surface area contributed by atoms with Crippen LogP contribution in [-0.4, -0.2) is 96.7 Å². The molecular weight excluding hydrogens is 1030 g/mol. The Labute approximate surface area is 467 Å². The Hall–Kier alpha value is -1.94. The molecule has 0 aromatic rings. The topological polar surface area (TPSA) is 237 Å². The van der Waals surface area contributed by atoms with Crippen LogP contribution in [0.15, 0.2) is 0 Å². The van der Waals surface area contributed by atoms with E-state index in [0.29, 0.717) is 25.7 Å². The van der Waals surface area contributed by atoms with E-state index in [-0.39, 0.29) is 25.7 Å². The van der Waals surface area contributed by atoms with Crippen LogP contribution in [-0.2, 0) is 65.4 Å². The van der Waals surface area contributed by atoms with Crippen LogP contribution >= 0.6 is 15.6 Å². The van der Waals surface area contributed by atoms with Crippen molar-refractivity contribution in [3.63, 3.8) is 0 Å². The number of hydrogen-bond acceptors (Lipinski definition) is 15. The van der Waals surface area contributed by atoms with Gasteiger partial charge in [0.2, 0.25) is 0 Å². The molecule has 0 amide bonds. The molecule has 456 valence electrons. The largest absolute Gasteiger partial charge is 0.472 e. The normalized spacial score (nSPS) is 14.4. The van der Waals surface area contributed by atoms with Gasteiger partial charge in [-0.25, -0.2) is 9.13 Å². The highest BCUT2D eigenvalue weighted by Gasteiger charge is 2.30. The lowest BCUT2D eigenvalue weighted by molar-refractivity contribution is -0.161. The summed E-state index contributed by atoms with van der Waals surface area (Å²) in [4.78, 5) is 71.6. The van der Waals surface area contributed by atoms with Crippen LogP contribution in [0, 0.1) is 5.92 Å². The first-order chi connectivity index (χ1) is 37.0. The van der Waals surface area contributed by atoms with Gasteiger partial charge >= 0.3 is 39.5 Å². The molecule has 2 unspecified atom stereocenters. The Balaban J connectivity index is 5.18. The van der Waals surface area contributed by atoms with Crippen molar-refractivity contribution in [1.82, 2.24) is 0 Å². The Kier molecular flexibility index (Phi) is 50.8. The van der Waals surface area contributed by atoms with E-state index >= 15 is 0 Å². The summed E-state index contributed by atoms with van der Waals surface area (Å²) in [6.45, 7) is 7.02. The third kappa shape index (κ3) is 53.2. The van der Waals surface area contributed by atoms with Gasteiger partial charge in [-0.05, 0) is 31.6 Å². The lowest BCUT2D eigenvalue weighted by Gasteiger charge is -2.21. The Morgan fingerprint density at radius 1 is 0.351 bits per heavy atom. The summed E-state index contributed by atoms with van der Waals surface area (Å²) in [7, 11) is -9.86. The Morgan fingerprint density at radius 2 is 0.597 bits per heavy atom. The summed E-state index contributed by atoms with van der Waals surface area (Å²) < 4.78 is 67.5. The number of hydrogen-bond donors (Lipinski definition) is 3. The first-order valence-corrected chi connectivity index (χ1v) is 33.6. The highest BCUT2D eigenvalue weighted by molar-refractivity contribution is 7.47. The van der Waals surface area contributed by atoms with Gasteiger partial charge in [-0.1, -0.05) is 234 Å². The maximum Gasteiger partial charge on any atom is 0.472 e. The van der Waals surface area contributed by atoms with E-state index in [4.69, 9.17) is 37.0 Å². The van der Waals surface area contributed by atoms with Gasteiger partial charge in [0.05, 0.1) is 26.4 Å². The van der Waals surface area contributed by atoms with Crippen LogP contribution in [0.4, 0.5) is 0 Å². The number of rotatable bonds is 58. The number of ether oxygens (including phenoxy) is 4. The lowest BCUT2D eigenvalue weighted by Crippen LogP contribution is -2.30. The molecule has 0 saturated carbocycles. The number of phosphoric ester groups is 2. The molecule has 0 bridgehead atoms. The molecule has 0 saturated heterocycles. The number of aliphatic hydroxyl groups is 1. The standard InChI is InChI=1S/C58H112O17P2/c1-6-9-12-15-17-19-20-24-28-32-37-42-56(61)69-48-54(75-58(63)44-39-34-29-25-22-21-23-26-31-35-40-51(4)5)50-73-77(66,67)71-46-52(59)45-70-76(64,65)72-49-53(47-68-55(60)41-36-30-14-11-8-3)74-57(62)43-38-33-27-18-16-13-10-7-2/h51-54,59H,6-50H2,1-5H3,(H,64,65)(H,66,67)/t52-,53+,54+/m0/s1. The minimum atomic E-state index is -4.94. The van der Waals surface area contributed by atoms with E-state index in [2.05, 4.69) is 34.6 Å². The van der Waals surface area contributed by atoms with Gasteiger partial charge in [-0.2, -0.15) is 0 Å². The van der Waals surface area contributed by atoms with Crippen LogP contribution in [0.5, 0.6) is 0 Å². The van der Waals surface area contributed by atoms with Crippen LogP contribution < -0.4 is 0 Å². The van der Waals surface area contributed by atoms with Gasteiger partial charge in [0.25, 0.3) is 0 Å². The lowest BCUT2D eigenvalue weighted by atomic mass is 10.0. The smallest absolute Gasteiger partial charge is 0.462 e. The number of carbonyl (C=O) groups excluding carboxylic acids is 4. The van der Waals surface area contributed by atoms with Gasteiger partial charge in [0.1, 0.15) is 19.3 Å². The Bertz CT molecular complexity index is 1520. The molecule has 0 aliphatic rings. The third-order valence-corrected chi connectivity index (χ3v) is 15.2. The fraction of sp³-hybridized carbons (Fsp3) is 0.931. The molecular formula is C58H112O17P2. The summed E-state index contributed by atoms with van der Waals surface area (Å²) in [5.74, 6) is -1.40. The van der Waals surface area contributed by atoms with E-state index in [9.17, 15) is 43.2 Å². The van der Waals surface area contributed by atoms with E-state index in [1.165, 1.54) is 96.3 Å². The average Bonchev–Trinajstić information content (AvgIpc) is 3.39. The number of carbonyl (C=O) groups is 4. The molecule has 19 heteroatoms. The van der Waals surface area contributed by atoms with Crippen molar-refractivity contribution >= 4 is 39.5 Å². The second-order valence-corrected chi connectivity index (χ2v) is 24.4. The summed E-state index contributed by atoms with van der Waals surface area (Å²) in [5.41, 5.74) is 0. The molecule has 0 radical (unpaired) electrons. The van der Waals surface area contributed by atoms with Crippen molar-refractivity contribution in [3.8, 4) is 0 Å². The SMILES string of the molecule is CCCCCCCCCCCCCC(=O)OC[C@H](COP(=O)(O)OC[C@@H](O)COP(=O)(O)OC[C@@H](COC(=O)CCCCCCC)OC(=O)CCCCCCCCCC)OC(=O)CCCCCCCCCCCCC(C)C. The third-order valence-electron chi connectivity index (χ3n) is 13.3. The number of esters is 4. The highest BCUT2D eigenvalue weighted by atomic mass is 31.2. The predicted octanol–water partition coefficient (Wildman–Crippen LogP) is 15.5. The monoisotopic (exact) mass is 1140 g/mol. The van der Waals surface area contributed by atoms with Gasteiger partial charge in [0, 0.05) is 25.7 Å². The van der Waals surface area contributed by atoms with Gasteiger partial charge < -0.3 is 33.8 Å². The molecule has 0 fully saturated rings. The summed E-state index contributed by atoms with van der Waals surface area (Å²) in [5, 5.41) is 10.5. The number of unbranched alkanes of at least 4 members (excludes halogenated alkanes) is 30. The van der Waals surface area contributed by atoms with Crippen molar-refractivity contribution in [2.24, 2.45) is 5.92 Å². The van der Waals surface area contributed by atoms with Gasteiger partial charge in [-0.3, -0.25) is 37.3 Å². The van der Waals surface area contributed by atoms with E-state index in [1.807, 2.05) is 0 Å². The molecule has 0 aromatic heterocycles. The molecule has 0 aliphatic carbocycles. The summed E-state index contributed by atoms with van der Waals surface area (Å²) in [6.07, 6.45) is 33.8. The van der Waals surface area contributed by atoms with Crippen molar-refractivity contribution in [1.29, 1.82) is 0 Å². The zero-order valence-electron chi connectivity index (χ0n) is 49.1. The van der Waals surface area contributed by atoms with E-state index < -0.39 is 97.5 Å². The van der Waals surface area contributed by atoms with Crippen LogP contribution in [0.25, 0.3) is 0 Å².